The van der Waals surface area contributed by atoms with E-state index < -0.39 is 11.7 Å². The SMILES string of the molecule is C=CCNC(=O)OC/C=C(\C)C1=CC(=O)C(C)(C)O1. The van der Waals surface area contributed by atoms with E-state index >= 15 is 0 Å². The van der Waals surface area contributed by atoms with Crippen molar-refractivity contribution < 1.29 is 19.1 Å². The second-order valence-electron chi connectivity index (χ2n) is 4.64. The summed E-state index contributed by atoms with van der Waals surface area (Å²) in [6.07, 6.45) is 4.20. The first-order chi connectivity index (χ1) is 8.86. The van der Waals surface area contributed by atoms with E-state index in [1.165, 1.54) is 6.08 Å². The van der Waals surface area contributed by atoms with Gasteiger partial charge in [0.15, 0.2) is 5.60 Å². The van der Waals surface area contributed by atoms with Gasteiger partial charge in [0.1, 0.15) is 12.4 Å². The first kappa shape index (κ1) is 15.0. The quantitative estimate of drug-likeness (QED) is 0.773. The maximum atomic E-state index is 11.6. The van der Waals surface area contributed by atoms with Crippen LogP contribution in [0.3, 0.4) is 0 Å². The second kappa shape index (κ2) is 6.22. The van der Waals surface area contributed by atoms with Crippen LogP contribution < -0.4 is 5.32 Å². The Morgan fingerprint density at radius 2 is 2.26 bits per heavy atom. The van der Waals surface area contributed by atoms with Crippen LogP contribution in [0.15, 0.2) is 36.1 Å². The van der Waals surface area contributed by atoms with Crippen molar-refractivity contribution in [1.82, 2.24) is 5.32 Å². The van der Waals surface area contributed by atoms with E-state index in [2.05, 4.69) is 11.9 Å². The zero-order valence-electron chi connectivity index (χ0n) is 11.5. The molecule has 1 aliphatic heterocycles. The summed E-state index contributed by atoms with van der Waals surface area (Å²) in [5.74, 6) is 0.449. The third-order valence-electron chi connectivity index (χ3n) is 2.60. The van der Waals surface area contributed by atoms with Crippen LogP contribution in [0.4, 0.5) is 4.79 Å². The van der Waals surface area contributed by atoms with Gasteiger partial charge in [0.05, 0.1) is 0 Å². The molecule has 0 unspecified atom stereocenters. The van der Waals surface area contributed by atoms with Crippen molar-refractivity contribution in [2.75, 3.05) is 13.2 Å². The molecule has 1 rings (SSSR count). The summed E-state index contributed by atoms with van der Waals surface area (Å²) in [7, 11) is 0. The topological polar surface area (TPSA) is 64.6 Å². The fraction of sp³-hybridized carbons (Fsp3) is 0.429. The van der Waals surface area contributed by atoms with Crippen molar-refractivity contribution in [3.63, 3.8) is 0 Å². The summed E-state index contributed by atoms with van der Waals surface area (Å²) < 4.78 is 10.4. The highest BCUT2D eigenvalue weighted by atomic mass is 16.5. The van der Waals surface area contributed by atoms with Gasteiger partial charge in [-0.3, -0.25) is 4.79 Å². The summed E-state index contributed by atoms with van der Waals surface area (Å²) in [6, 6.07) is 0. The molecule has 0 radical (unpaired) electrons. The number of alkyl carbamates (subject to hydrolysis) is 1. The summed E-state index contributed by atoms with van der Waals surface area (Å²) in [4.78, 5) is 22.7. The molecular formula is C14H19NO4. The first-order valence-electron chi connectivity index (χ1n) is 6.00. The number of carbonyl (C=O) groups is 2. The average molecular weight is 265 g/mol. The second-order valence-corrected chi connectivity index (χ2v) is 4.64. The number of rotatable bonds is 5. The molecule has 19 heavy (non-hydrogen) atoms. The first-order valence-corrected chi connectivity index (χ1v) is 6.00. The molecule has 0 aromatic heterocycles. The van der Waals surface area contributed by atoms with Crippen LogP contribution in [0.2, 0.25) is 0 Å². The minimum atomic E-state index is -0.813. The van der Waals surface area contributed by atoms with Gasteiger partial charge in [-0.15, -0.1) is 6.58 Å². The van der Waals surface area contributed by atoms with Crippen LogP contribution in [0.1, 0.15) is 20.8 Å². The molecule has 0 aromatic carbocycles. The summed E-state index contributed by atoms with van der Waals surface area (Å²) in [5.41, 5.74) is -0.0532. The van der Waals surface area contributed by atoms with Gasteiger partial charge < -0.3 is 14.8 Å². The standard InChI is InChI=1S/C14H19NO4/c1-5-7-15-13(17)18-8-6-10(2)11-9-12(16)14(3,4)19-11/h5-6,9H,1,7-8H2,2-4H3,(H,15,17)/b10-6+. The Labute approximate surface area is 113 Å². The number of amides is 1. The van der Waals surface area contributed by atoms with Gasteiger partial charge in [0, 0.05) is 12.6 Å². The van der Waals surface area contributed by atoms with Gasteiger partial charge >= 0.3 is 6.09 Å². The van der Waals surface area contributed by atoms with Crippen molar-refractivity contribution in [3.8, 4) is 0 Å². The van der Waals surface area contributed by atoms with Crippen LogP contribution in [0, 0.1) is 0 Å². The normalized spacial score (nSPS) is 17.5. The van der Waals surface area contributed by atoms with E-state index in [4.69, 9.17) is 9.47 Å². The highest BCUT2D eigenvalue weighted by Crippen LogP contribution is 2.28. The number of hydrogen-bond acceptors (Lipinski definition) is 4. The number of ether oxygens (including phenoxy) is 2. The molecule has 1 aliphatic rings. The number of allylic oxidation sites excluding steroid dienone is 1. The fourth-order valence-electron chi connectivity index (χ4n) is 1.39. The maximum absolute atomic E-state index is 11.6. The Hall–Kier alpha value is -2.04. The predicted molar refractivity (Wildman–Crippen MR) is 71.6 cm³/mol. The molecule has 0 bridgehead atoms. The molecule has 1 heterocycles. The average Bonchev–Trinajstić information content (AvgIpc) is 2.61. The largest absolute Gasteiger partial charge is 0.479 e. The molecule has 1 amide bonds. The van der Waals surface area contributed by atoms with E-state index in [9.17, 15) is 9.59 Å². The molecule has 5 heteroatoms. The number of nitrogens with one attached hydrogen (secondary N) is 1. The van der Waals surface area contributed by atoms with E-state index in [1.807, 2.05) is 0 Å². The Kier molecular flexibility index (Phi) is 4.92. The lowest BCUT2D eigenvalue weighted by Crippen LogP contribution is -2.27. The van der Waals surface area contributed by atoms with Crippen LogP contribution in [0.25, 0.3) is 0 Å². The summed E-state index contributed by atoms with van der Waals surface area (Å²) in [6.45, 7) is 9.18. The van der Waals surface area contributed by atoms with E-state index in [1.54, 1.807) is 32.9 Å². The molecule has 0 saturated heterocycles. The monoisotopic (exact) mass is 265 g/mol. The van der Waals surface area contributed by atoms with Gasteiger partial charge in [-0.25, -0.2) is 4.79 Å². The molecule has 0 aliphatic carbocycles. The Bertz CT molecular complexity index is 446. The zero-order chi connectivity index (χ0) is 14.5. The molecule has 0 saturated carbocycles. The van der Waals surface area contributed by atoms with Gasteiger partial charge in [-0.05, 0) is 32.4 Å². The van der Waals surface area contributed by atoms with Gasteiger partial charge in [-0.1, -0.05) is 6.08 Å². The third kappa shape index (κ3) is 4.28. The van der Waals surface area contributed by atoms with Crippen molar-refractivity contribution in [2.45, 2.75) is 26.4 Å². The van der Waals surface area contributed by atoms with Crippen molar-refractivity contribution in [2.24, 2.45) is 0 Å². The summed E-state index contributed by atoms with van der Waals surface area (Å²) >= 11 is 0. The van der Waals surface area contributed by atoms with E-state index in [0.29, 0.717) is 12.3 Å². The van der Waals surface area contributed by atoms with Crippen LogP contribution >= 0.6 is 0 Å². The molecule has 0 fully saturated rings. The Morgan fingerprint density at radius 3 is 2.79 bits per heavy atom. The van der Waals surface area contributed by atoms with Crippen LogP contribution in [-0.2, 0) is 14.3 Å². The van der Waals surface area contributed by atoms with Gasteiger partial charge in [0.25, 0.3) is 0 Å². The van der Waals surface area contributed by atoms with Gasteiger partial charge in [-0.2, -0.15) is 0 Å². The van der Waals surface area contributed by atoms with E-state index in [-0.39, 0.29) is 12.4 Å². The van der Waals surface area contributed by atoms with Crippen LogP contribution in [-0.4, -0.2) is 30.6 Å². The number of carbonyl (C=O) groups excluding carboxylic acids is 2. The molecule has 0 aromatic rings. The molecular weight excluding hydrogens is 246 g/mol. The maximum Gasteiger partial charge on any atom is 0.407 e. The molecule has 5 nitrogen and oxygen atoms in total. The van der Waals surface area contributed by atoms with E-state index in [0.717, 1.165) is 5.57 Å². The lowest BCUT2D eigenvalue weighted by molar-refractivity contribution is -0.126. The smallest absolute Gasteiger partial charge is 0.407 e. The van der Waals surface area contributed by atoms with Crippen molar-refractivity contribution >= 4 is 11.9 Å². The zero-order valence-corrected chi connectivity index (χ0v) is 11.5. The minimum absolute atomic E-state index is 0.0695. The number of ketones is 1. The highest BCUT2D eigenvalue weighted by molar-refractivity contribution is 5.99. The molecule has 0 spiro atoms. The van der Waals surface area contributed by atoms with Gasteiger partial charge in [0.2, 0.25) is 5.78 Å². The third-order valence-corrected chi connectivity index (χ3v) is 2.60. The molecule has 1 N–H and O–H groups in total. The highest BCUT2D eigenvalue weighted by Gasteiger charge is 2.35. The predicted octanol–water partition coefficient (Wildman–Crippen LogP) is 2.11. The number of hydrogen-bond donors (Lipinski definition) is 1. The fourth-order valence-corrected chi connectivity index (χ4v) is 1.39. The summed E-state index contributed by atoms with van der Waals surface area (Å²) in [5, 5.41) is 2.49. The lowest BCUT2D eigenvalue weighted by atomic mass is 10.1. The molecule has 104 valence electrons. The van der Waals surface area contributed by atoms with Crippen LogP contribution in [0.5, 0.6) is 0 Å². The van der Waals surface area contributed by atoms with Crippen molar-refractivity contribution in [1.29, 1.82) is 0 Å². The lowest BCUT2D eigenvalue weighted by Gasteiger charge is -2.18. The van der Waals surface area contributed by atoms with Crippen molar-refractivity contribution in [3.05, 3.63) is 36.1 Å². The Balaban J connectivity index is 2.46. The molecule has 0 atom stereocenters. The minimum Gasteiger partial charge on any atom is -0.479 e. The Morgan fingerprint density at radius 1 is 1.58 bits per heavy atom.